The Morgan fingerprint density at radius 1 is 1.29 bits per heavy atom. The van der Waals surface area contributed by atoms with Crippen LogP contribution in [0.4, 0.5) is 0 Å². The molecule has 0 amide bonds. The summed E-state index contributed by atoms with van der Waals surface area (Å²) in [5.74, 6) is 0.940. The standard InChI is InChI=1S/C13H17N/c1-10-3-5-11(6-4-10)13-7-12(13)8-14(2)9-13/h3-6,12H,7-9H2,1-2H3/t12-,13?/m0/s1. The summed E-state index contributed by atoms with van der Waals surface area (Å²) in [6.07, 6.45) is 1.42. The van der Waals surface area contributed by atoms with Crippen molar-refractivity contribution >= 4 is 0 Å². The van der Waals surface area contributed by atoms with E-state index in [0.29, 0.717) is 5.41 Å². The maximum absolute atomic E-state index is 2.47. The molecule has 1 aliphatic carbocycles. The van der Waals surface area contributed by atoms with Gasteiger partial charge in [0.05, 0.1) is 0 Å². The first-order valence-corrected chi connectivity index (χ1v) is 5.46. The van der Waals surface area contributed by atoms with Gasteiger partial charge in [-0.2, -0.15) is 0 Å². The summed E-state index contributed by atoms with van der Waals surface area (Å²) in [5, 5.41) is 0. The van der Waals surface area contributed by atoms with E-state index in [1.54, 1.807) is 5.56 Å². The molecule has 1 nitrogen and oxygen atoms in total. The fourth-order valence-electron chi connectivity index (χ4n) is 3.07. The maximum Gasteiger partial charge on any atom is 0.0124 e. The van der Waals surface area contributed by atoms with E-state index in [1.807, 2.05) is 0 Å². The van der Waals surface area contributed by atoms with Gasteiger partial charge in [0, 0.05) is 18.5 Å². The van der Waals surface area contributed by atoms with E-state index >= 15 is 0 Å². The van der Waals surface area contributed by atoms with E-state index in [0.717, 1.165) is 5.92 Å². The van der Waals surface area contributed by atoms with Crippen molar-refractivity contribution in [2.75, 3.05) is 20.1 Å². The quantitative estimate of drug-likeness (QED) is 0.651. The normalized spacial score (nSPS) is 35.7. The molecule has 1 aromatic rings. The number of rotatable bonds is 1. The van der Waals surface area contributed by atoms with Gasteiger partial charge in [0.1, 0.15) is 0 Å². The minimum atomic E-state index is 0.544. The Labute approximate surface area is 85.7 Å². The van der Waals surface area contributed by atoms with E-state index in [4.69, 9.17) is 0 Å². The molecule has 1 heterocycles. The number of piperidine rings is 1. The lowest BCUT2D eigenvalue weighted by Crippen LogP contribution is -2.22. The molecular weight excluding hydrogens is 170 g/mol. The van der Waals surface area contributed by atoms with E-state index < -0.39 is 0 Å². The van der Waals surface area contributed by atoms with Crippen LogP contribution in [0.2, 0.25) is 0 Å². The molecule has 1 aromatic carbocycles. The largest absolute Gasteiger partial charge is 0.305 e. The highest BCUT2D eigenvalue weighted by Crippen LogP contribution is 2.58. The predicted molar refractivity (Wildman–Crippen MR) is 58.5 cm³/mol. The minimum Gasteiger partial charge on any atom is -0.305 e. The molecule has 0 aromatic heterocycles. The summed E-state index contributed by atoms with van der Waals surface area (Å²) in [4.78, 5) is 2.47. The second-order valence-corrected chi connectivity index (χ2v) is 5.12. The van der Waals surface area contributed by atoms with Gasteiger partial charge in [-0.15, -0.1) is 0 Å². The monoisotopic (exact) mass is 187 g/mol. The molecule has 1 aliphatic heterocycles. The fourth-order valence-corrected chi connectivity index (χ4v) is 3.07. The highest BCUT2D eigenvalue weighted by molar-refractivity contribution is 5.38. The van der Waals surface area contributed by atoms with Crippen molar-refractivity contribution in [2.24, 2.45) is 5.92 Å². The number of fused-ring (bicyclic) bond motifs is 1. The lowest BCUT2D eigenvalue weighted by atomic mass is 9.94. The molecule has 0 spiro atoms. The zero-order valence-corrected chi connectivity index (χ0v) is 8.96. The Bertz CT molecular complexity index is 354. The molecule has 1 saturated heterocycles. The van der Waals surface area contributed by atoms with Gasteiger partial charge < -0.3 is 4.90 Å². The topological polar surface area (TPSA) is 3.24 Å². The van der Waals surface area contributed by atoms with E-state index in [-0.39, 0.29) is 0 Å². The summed E-state index contributed by atoms with van der Waals surface area (Å²) in [5.41, 5.74) is 3.48. The molecule has 2 aliphatic rings. The van der Waals surface area contributed by atoms with Crippen molar-refractivity contribution in [3.8, 4) is 0 Å². The second-order valence-electron chi connectivity index (χ2n) is 5.12. The van der Waals surface area contributed by atoms with Crippen LogP contribution in [0, 0.1) is 12.8 Å². The van der Waals surface area contributed by atoms with Crippen LogP contribution in [0.15, 0.2) is 24.3 Å². The average Bonchev–Trinajstić information content (AvgIpc) is 2.71. The number of hydrogen-bond donors (Lipinski definition) is 0. The van der Waals surface area contributed by atoms with Gasteiger partial charge in [-0.1, -0.05) is 29.8 Å². The van der Waals surface area contributed by atoms with Gasteiger partial charge in [-0.05, 0) is 31.9 Å². The zero-order chi connectivity index (χ0) is 9.76. The van der Waals surface area contributed by atoms with E-state index in [9.17, 15) is 0 Å². The van der Waals surface area contributed by atoms with Crippen molar-refractivity contribution in [1.29, 1.82) is 0 Å². The molecule has 1 heteroatoms. The van der Waals surface area contributed by atoms with E-state index in [1.165, 1.54) is 25.1 Å². The summed E-state index contributed by atoms with van der Waals surface area (Å²) in [6.45, 7) is 4.72. The number of benzene rings is 1. The summed E-state index contributed by atoms with van der Waals surface area (Å²) < 4.78 is 0. The van der Waals surface area contributed by atoms with Gasteiger partial charge in [0.25, 0.3) is 0 Å². The minimum absolute atomic E-state index is 0.544. The van der Waals surface area contributed by atoms with Gasteiger partial charge in [0.15, 0.2) is 0 Å². The molecule has 1 saturated carbocycles. The summed E-state index contributed by atoms with van der Waals surface area (Å²) in [7, 11) is 2.24. The average molecular weight is 187 g/mol. The third kappa shape index (κ3) is 1.05. The van der Waals surface area contributed by atoms with Gasteiger partial charge >= 0.3 is 0 Å². The van der Waals surface area contributed by atoms with E-state index in [2.05, 4.69) is 43.1 Å². The molecule has 1 unspecified atom stereocenters. The second kappa shape index (κ2) is 2.60. The number of hydrogen-bond acceptors (Lipinski definition) is 1. The SMILES string of the molecule is Cc1ccc(C23C[C@H]2CN(C)C3)cc1. The van der Waals surface area contributed by atoms with Crippen LogP contribution in [0.3, 0.4) is 0 Å². The van der Waals surface area contributed by atoms with Crippen molar-refractivity contribution in [3.63, 3.8) is 0 Å². The lowest BCUT2D eigenvalue weighted by molar-refractivity contribution is 0.363. The third-order valence-electron chi connectivity index (χ3n) is 3.94. The maximum atomic E-state index is 2.47. The number of nitrogens with zero attached hydrogens (tertiary/aromatic N) is 1. The Balaban J connectivity index is 1.93. The van der Waals surface area contributed by atoms with Crippen LogP contribution in [-0.4, -0.2) is 25.0 Å². The van der Waals surface area contributed by atoms with Crippen LogP contribution >= 0.6 is 0 Å². The first-order chi connectivity index (χ1) is 6.71. The van der Waals surface area contributed by atoms with Crippen molar-refractivity contribution in [3.05, 3.63) is 35.4 Å². The van der Waals surface area contributed by atoms with Crippen LogP contribution in [0.1, 0.15) is 17.5 Å². The fraction of sp³-hybridized carbons (Fsp3) is 0.538. The Kier molecular flexibility index (Phi) is 1.58. The molecule has 0 N–H and O–H groups in total. The zero-order valence-electron chi connectivity index (χ0n) is 8.96. The summed E-state index contributed by atoms with van der Waals surface area (Å²) >= 11 is 0. The Hall–Kier alpha value is -0.820. The van der Waals surface area contributed by atoms with Crippen molar-refractivity contribution in [1.82, 2.24) is 4.90 Å². The predicted octanol–water partition coefficient (Wildman–Crippen LogP) is 2.20. The molecule has 0 bridgehead atoms. The number of likely N-dealkylation sites (tertiary alicyclic amines) is 1. The van der Waals surface area contributed by atoms with Crippen molar-refractivity contribution in [2.45, 2.75) is 18.8 Å². The molecular formula is C13H17N. The van der Waals surface area contributed by atoms with Crippen LogP contribution in [-0.2, 0) is 5.41 Å². The van der Waals surface area contributed by atoms with Gasteiger partial charge in [0.2, 0.25) is 0 Å². The molecule has 14 heavy (non-hydrogen) atoms. The van der Waals surface area contributed by atoms with Crippen LogP contribution in [0.25, 0.3) is 0 Å². The Morgan fingerprint density at radius 2 is 2.00 bits per heavy atom. The number of likely N-dealkylation sites (N-methyl/N-ethyl adjacent to an activating group) is 1. The molecule has 3 rings (SSSR count). The highest BCUT2D eigenvalue weighted by atomic mass is 15.2. The summed E-state index contributed by atoms with van der Waals surface area (Å²) in [6, 6.07) is 9.15. The molecule has 2 atom stereocenters. The van der Waals surface area contributed by atoms with Gasteiger partial charge in [-0.25, -0.2) is 0 Å². The first kappa shape index (κ1) is 8.49. The van der Waals surface area contributed by atoms with Crippen LogP contribution < -0.4 is 0 Å². The molecule has 74 valence electrons. The molecule has 2 fully saturated rings. The van der Waals surface area contributed by atoms with Gasteiger partial charge in [-0.3, -0.25) is 0 Å². The van der Waals surface area contributed by atoms with Crippen LogP contribution in [0.5, 0.6) is 0 Å². The smallest absolute Gasteiger partial charge is 0.0124 e. The lowest BCUT2D eigenvalue weighted by Gasteiger charge is -2.16. The highest BCUT2D eigenvalue weighted by Gasteiger charge is 2.59. The first-order valence-electron chi connectivity index (χ1n) is 5.46. The molecule has 0 radical (unpaired) electrons. The third-order valence-corrected chi connectivity index (χ3v) is 3.94. The van der Waals surface area contributed by atoms with Crippen molar-refractivity contribution < 1.29 is 0 Å². The number of aryl methyl sites for hydroxylation is 1. The Morgan fingerprint density at radius 3 is 2.57 bits per heavy atom.